The van der Waals surface area contributed by atoms with Crippen LogP contribution in [0.5, 0.6) is 0 Å². The monoisotopic (exact) mass is 440 g/mol. The van der Waals surface area contributed by atoms with Gasteiger partial charge in [0.25, 0.3) is 0 Å². The third-order valence-corrected chi connectivity index (χ3v) is 12.6. The molecular weight excluding hydrogens is 392 g/mol. The van der Waals surface area contributed by atoms with Gasteiger partial charge in [-0.15, -0.1) is 0 Å². The summed E-state index contributed by atoms with van der Waals surface area (Å²) >= 11 is 0. The minimum Gasteiger partial charge on any atom is -0.367 e. The number of hydrogen-bond acceptors (Lipinski definition) is 2. The SMILES string of the molecule is C=C(CC[C@H]1OC1(C)C)[C@H]1CC[C@@]2(C)[C@@H]1CC[C@@H]1[C@@]3(C)CCC(=O)C(C)(C)[C@@H]3CC[C@]12C. The van der Waals surface area contributed by atoms with Crippen LogP contribution in [0.25, 0.3) is 0 Å². The minimum absolute atomic E-state index is 0.0965. The van der Waals surface area contributed by atoms with E-state index in [1.807, 2.05) is 0 Å². The van der Waals surface area contributed by atoms with Gasteiger partial charge in [0.2, 0.25) is 0 Å². The van der Waals surface area contributed by atoms with Crippen LogP contribution >= 0.6 is 0 Å². The van der Waals surface area contributed by atoms with Crippen LogP contribution in [0.15, 0.2) is 12.2 Å². The largest absolute Gasteiger partial charge is 0.367 e. The highest BCUT2D eigenvalue weighted by Crippen LogP contribution is 2.75. The molecule has 0 aromatic rings. The number of ether oxygens (including phenoxy) is 1. The normalized spacial score (nSPS) is 50.8. The topological polar surface area (TPSA) is 29.6 Å². The molecule has 1 heterocycles. The zero-order valence-corrected chi connectivity index (χ0v) is 22.0. The predicted molar refractivity (Wildman–Crippen MR) is 131 cm³/mol. The molecule has 5 rings (SSSR count). The second-order valence-corrected chi connectivity index (χ2v) is 14.4. The lowest BCUT2D eigenvalue weighted by molar-refractivity contribution is -0.201. The summed E-state index contributed by atoms with van der Waals surface area (Å²) in [6, 6.07) is 0. The lowest BCUT2D eigenvalue weighted by atomic mass is 9.35. The van der Waals surface area contributed by atoms with Crippen molar-refractivity contribution in [3.05, 3.63) is 12.2 Å². The summed E-state index contributed by atoms with van der Waals surface area (Å²) in [4.78, 5) is 12.9. The minimum atomic E-state index is -0.142. The zero-order valence-electron chi connectivity index (χ0n) is 22.0. The molecule has 2 heteroatoms. The third-order valence-electron chi connectivity index (χ3n) is 12.6. The second-order valence-electron chi connectivity index (χ2n) is 14.4. The molecule has 4 aliphatic carbocycles. The number of allylic oxidation sites excluding steroid dienone is 1. The van der Waals surface area contributed by atoms with Crippen LogP contribution in [0.3, 0.4) is 0 Å². The number of carbonyl (C=O) groups excluding carboxylic acids is 1. The highest BCUT2D eigenvalue weighted by Gasteiger charge is 2.68. The first-order valence-electron chi connectivity index (χ1n) is 13.7. The van der Waals surface area contributed by atoms with Gasteiger partial charge < -0.3 is 4.74 Å². The molecule has 8 atom stereocenters. The predicted octanol–water partition coefficient (Wildman–Crippen LogP) is 7.75. The summed E-state index contributed by atoms with van der Waals surface area (Å²) in [7, 11) is 0. The Labute approximate surface area is 197 Å². The fourth-order valence-electron chi connectivity index (χ4n) is 10.3. The molecule has 4 saturated carbocycles. The van der Waals surface area contributed by atoms with Crippen LogP contribution in [0.1, 0.15) is 113 Å². The van der Waals surface area contributed by atoms with Crippen molar-refractivity contribution in [1.82, 2.24) is 0 Å². The Bertz CT molecular complexity index is 823. The van der Waals surface area contributed by atoms with E-state index in [1.165, 1.54) is 44.1 Å². The van der Waals surface area contributed by atoms with E-state index in [9.17, 15) is 4.79 Å². The van der Waals surface area contributed by atoms with Gasteiger partial charge in [0.1, 0.15) is 5.78 Å². The molecule has 0 aromatic heterocycles. The molecule has 0 radical (unpaired) electrons. The zero-order chi connectivity index (χ0) is 23.3. The van der Waals surface area contributed by atoms with Crippen molar-refractivity contribution in [2.45, 2.75) is 124 Å². The Balaban J connectivity index is 1.37. The summed E-state index contributed by atoms with van der Waals surface area (Å²) in [5.41, 5.74) is 2.60. The van der Waals surface area contributed by atoms with Gasteiger partial charge >= 0.3 is 0 Å². The van der Waals surface area contributed by atoms with E-state index < -0.39 is 0 Å². The molecule has 5 fully saturated rings. The third kappa shape index (κ3) is 2.96. The number of epoxide rings is 1. The van der Waals surface area contributed by atoms with Crippen LogP contribution in [-0.4, -0.2) is 17.5 Å². The molecule has 0 N–H and O–H groups in total. The van der Waals surface area contributed by atoms with Gasteiger partial charge in [0.05, 0.1) is 11.7 Å². The molecule has 5 aliphatic rings. The highest BCUT2D eigenvalue weighted by atomic mass is 16.6. The van der Waals surface area contributed by atoms with Crippen molar-refractivity contribution in [2.24, 2.45) is 45.3 Å². The van der Waals surface area contributed by atoms with Crippen molar-refractivity contribution in [3.63, 3.8) is 0 Å². The van der Waals surface area contributed by atoms with E-state index in [0.717, 1.165) is 37.5 Å². The van der Waals surface area contributed by atoms with Gasteiger partial charge in [-0.3, -0.25) is 4.79 Å². The number of Topliss-reactive ketones (excluding diaryl/α,β-unsaturated/α-hetero) is 1. The van der Waals surface area contributed by atoms with Gasteiger partial charge in [0, 0.05) is 11.8 Å². The first-order chi connectivity index (χ1) is 14.8. The summed E-state index contributed by atoms with van der Waals surface area (Å²) in [6.07, 6.45) is 12.6. The lowest BCUT2D eigenvalue weighted by Crippen LogP contribution is -2.63. The number of fused-ring (bicyclic) bond motifs is 5. The molecule has 0 unspecified atom stereocenters. The van der Waals surface area contributed by atoms with Crippen molar-refractivity contribution in [1.29, 1.82) is 0 Å². The number of carbonyl (C=O) groups is 1. The van der Waals surface area contributed by atoms with Crippen LogP contribution in [0.4, 0.5) is 0 Å². The number of rotatable bonds is 4. The fourth-order valence-corrected chi connectivity index (χ4v) is 10.3. The van der Waals surface area contributed by atoms with Gasteiger partial charge in [-0.25, -0.2) is 0 Å². The Morgan fingerprint density at radius 2 is 1.56 bits per heavy atom. The first-order valence-corrected chi connectivity index (χ1v) is 13.7. The Morgan fingerprint density at radius 1 is 0.906 bits per heavy atom. The van der Waals surface area contributed by atoms with Crippen molar-refractivity contribution in [2.75, 3.05) is 0 Å². The average molecular weight is 441 g/mol. The number of ketones is 1. The lowest BCUT2D eigenvalue weighted by Gasteiger charge is -2.69. The van der Waals surface area contributed by atoms with E-state index in [1.54, 1.807) is 0 Å². The smallest absolute Gasteiger partial charge is 0.138 e. The maximum Gasteiger partial charge on any atom is 0.138 e. The van der Waals surface area contributed by atoms with Crippen LogP contribution in [0, 0.1) is 45.3 Å². The molecule has 1 aliphatic heterocycles. The second kappa shape index (κ2) is 6.96. The van der Waals surface area contributed by atoms with E-state index in [-0.39, 0.29) is 11.0 Å². The Hall–Kier alpha value is -0.630. The van der Waals surface area contributed by atoms with E-state index in [0.29, 0.717) is 40.0 Å². The van der Waals surface area contributed by atoms with Gasteiger partial charge in [0.15, 0.2) is 0 Å². The van der Waals surface area contributed by atoms with E-state index in [4.69, 9.17) is 4.74 Å². The van der Waals surface area contributed by atoms with E-state index >= 15 is 0 Å². The summed E-state index contributed by atoms with van der Waals surface area (Å²) < 4.78 is 5.85. The molecule has 0 bridgehead atoms. The van der Waals surface area contributed by atoms with Crippen LogP contribution in [0.2, 0.25) is 0 Å². The van der Waals surface area contributed by atoms with Crippen molar-refractivity contribution in [3.8, 4) is 0 Å². The summed E-state index contributed by atoms with van der Waals surface area (Å²) in [5.74, 6) is 3.33. The molecule has 0 aromatic carbocycles. The number of hydrogen-bond donors (Lipinski definition) is 0. The Kier molecular flexibility index (Phi) is 5.03. The maximum atomic E-state index is 12.9. The van der Waals surface area contributed by atoms with Crippen molar-refractivity contribution < 1.29 is 9.53 Å². The van der Waals surface area contributed by atoms with Crippen LogP contribution in [-0.2, 0) is 9.53 Å². The molecule has 32 heavy (non-hydrogen) atoms. The van der Waals surface area contributed by atoms with Crippen LogP contribution < -0.4 is 0 Å². The quantitative estimate of drug-likeness (QED) is 0.330. The molecule has 180 valence electrons. The molecule has 2 nitrogen and oxygen atoms in total. The van der Waals surface area contributed by atoms with E-state index in [2.05, 4.69) is 55.0 Å². The highest BCUT2D eigenvalue weighted by molar-refractivity contribution is 5.85. The van der Waals surface area contributed by atoms with Gasteiger partial charge in [-0.2, -0.15) is 0 Å². The summed E-state index contributed by atoms with van der Waals surface area (Å²) in [6.45, 7) is 21.5. The molecule has 0 amide bonds. The fraction of sp³-hybridized carbons (Fsp3) is 0.900. The van der Waals surface area contributed by atoms with Gasteiger partial charge in [-0.1, -0.05) is 46.8 Å². The first kappa shape index (κ1) is 23.1. The Morgan fingerprint density at radius 3 is 2.22 bits per heavy atom. The van der Waals surface area contributed by atoms with Crippen molar-refractivity contribution >= 4 is 5.78 Å². The molecule has 1 saturated heterocycles. The molecular formula is C30H48O2. The molecule has 0 spiro atoms. The standard InChI is InChI=1S/C30H48O2/c1-19(9-12-25-27(4,5)32-25)20-13-17-29(7)21(20)10-11-23-28(6)16-15-24(31)26(2,3)22(28)14-18-30(23,29)8/h20-23,25H,1,9-18H2,2-8H3/t20-,21-,22+,23-,25-,28+,29+,30-/m1/s1. The summed E-state index contributed by atoms with van der Waals surface area (Å²) in [5, 5.41) is 0. The average Bonchev–Trinajstić information content (AvgIpc) is 3.15. The maximum absolute atomic E-state index is 12.9. The van der Waals surface area contributed by atoms with Gasteiger partial charge in [-0.05, 0) is 112 Å².